The highest BCUT2D eigenvalue weighted by Gasteiger charge is 2.39. The summed E-state index contributed by atoms with van der Waals surface area (Å²) in [5.74, 6) is 1.48. The summed E-state index contributed by atoms with van der Waals surface area (Å²) >= 11 is 0. The molecule has 1 saturated heterocycles. The molecule has 2 aromatic carbocycles. The van der Waals surface area contributed by atoms with Crippen molar-refractivity contribution in [3.63, 3.8) is 0 Å². The topological polar surface area (TPSA) is 35.1 Å². The predicted octanol–water partition coefficient (Wildman–Crippen LogP) is 4.23. The molecule has 28 heavy (non-hydrogen) atoms. The van der Waals surface area contributed by atoms with Crippen molar-refractivity contribution in [2.24, 2.45) is 5.92 Å². The highest BCUT2D eigenvalue weighted by molar-refractivity contribution is 5.30. The van der Waals surface area contributed by atoms with Crippen LogP contribution in [0.15, 0.2) is 48.5 Å². The molecular weight excluding hydrogens is 346 g/mol. The summed E-state index contributed by atoms with van der Waals surface area (Å²) in [7, 11) is 1.71. The largest absolute Gasteiger partial charge is 0.497 e. The molecule has 0 saturated carbocycles. The Kier molecular flexibility index (Phi) is 7.14. The van der Waals surface area contributed by atoms with Gasteiger partial charge in [0, 0.05) is 24.0 Å². The Morgan fingerprint density at radius 3 is 2.46 bits per heavy atom. The lowest BCUT2D eigenvalue weighted by molar-refractivity contribution is -0.671. The van der Waals surface area contributed by atoms with Gasteiger partial charge in [0.1, 0.15) is 12.3 Å². The summed E-state index contributed by atoms with van der Waals surface area (Å²) in [4.78, 5) is 0. The lowest BCUT2D eigenvalue weighted by Gasteiger charge is -2.42. The second kappa shape index (κ2) is 9.58. The van der Waals surface area contributed by atoms with Crippen molar-refractivity contribution < 1.29 is 14.8 Å². The summed E-state index contributed by atoms with van der Waals surface area (Å²) in [6.45, 7) is 9.75. The van der Waals surface area contributed by atoms with Crippen LogP contribution in [0.3, 0.4) is 0 Å². The molecular formula is C25H36NO2+. The Morgan fingerprint density at radius 1 is 1.11 bits per heavy atom. The van der Waals surface area contributed by atoms with E-state index in [4.69, 9.17) is 9.47 Å². The van der Waals surface area contributed by atoms with Crippen LogP contribution < -0.4 is 10.1 Å². The molecule has 0 bridgehead atoms. The zero-order chi connectivity index (χ0) is 20.0. The van der Waals surface area contributed by atoms with Crippen LogP contribution in [0.4, 0.5) is 0 Å². The van der Waals surface area contributed by atoms with Crippen LogP contribution >= 0.6 is 0 Å². The molecule has 3 nitrogen and oxygen atoms in total. The Bertz CT molecular complexity index is 723. The summed E-state index contributed by atoms with van der Waals surface area (Å²) < 4.78 is 11.4. The van der Waals surface area contributed by atoms with E-state index in [0.29, 0.717) is 12.0 Å². The first-order valence-electron chi connectivity index (χ1n) is 10.7. The Morgan fingerprint density at radius 2 is 1.82 bits per heavy atom. The normalized spacial score (nSPS) is 22.4. The van der Waals surface area contributed by atoms with E-state index in [-0.39, 0.29) is 5.41 Å². The van der Waals surface area contributed by atoms with E-state index < -0.39 is 0 Å². The molecule has 0 spiro atoms. The van der Waals surface area contributed by atoms with Gasteiger partial charge in [-0.1, -0.05) is 43.7 Å². The maximum atomic E-state index is 6.12. The second-order valence-electron chi connectivity index (χ2n) is 8.63. The molecule has 0 aromatic heterocycles. The molecule has 2 aromatic rings. The molecule has 0 unspecified atom stereocenters. The monoisotopic (exact) mass is 382 g/mol. The van der Waals surface area contributed by atoms with E-state index in [2.05, 4.69) is 62.5 Å². The first-order valence-corrected chi connectivity index (χ1v) is 10.7. The van der Waals surface area contributed by atoms with E-state index in [1.165, 1.54) is 23.1 Å². The molecule has 0 aliphatic carbocycles. The molecule has 2 atom stereocenters. The number of methoxy groups -OCH3 is 1. The van der Waals surface area contributed by atoms with E-state index in [1.54, 1.807) is 7.11 Å². The third-order valence-electron chi connectivity index (χ3n) is 6.28. The van der Waals surface area contributed by atoms with Crippen molar-refractivity contribution in [1.82, 2.24) is 0 Å². The fourth-order valence-electron chi connectivity index (χ4n) is 4.33. The van der Waals surface area contributed by atoms with Crippen LogP contribution in [-0.4, -0.2) is 26.4 Å². The molecule has 1 aliphatic heterocycles. The summed E-state index contributed by atoms with van der Waals surface area (Å²) in [6.07, 6.45) is 3.80. The number of quaternary nitrogens is 1. The maximum Gasteiger partial charge on any atom is 0.118 e. The lowest BCUT2D eigenvalue weighted by Crippen LogP contribution is -2.83. The minimum Gasteiger partial charge on any atom is -0.497 e. The highest BCUT2D eigenvalue weighted by Crippen LogP contribution is 2.41. The second-order valence-corrected chi connectivity index (χ2v) is 8.63. The number of ether oxygens (including phenoxy) is 2. The average Bonchev–Trinajstić information content (AvgIpc) is 2.72. The number of rotatable bonds is 8. The molecule has 0 radical (unpaired) electrons. The number of hydrogen-bond acceptors (Lipinski definition) is 2. The molecule has 1 fully saturated rings. The quantitative estimate of drug-likeness (QED) is 0.694. The van der Waals surface area contributed by atoms with Gasteiger partial charge >= 0.3 is 0 Å². The predicted molar refractivity (Wildman–Crippen MR) is 115 cm³/mol. The first kappa shape index (κ1) is 20.9. The van der Waals surface area contributed by atoms with Crippen LogP contribution in [-0.2, 0) is 16.7 Å². The molecule has 3 rings (SSSR count). The third-order valence-corrected chi connectivity index (χ3v) is 6.28. The number of nitrogens with two attached hydrogens (primary N) is 1. The van der Waals surface area contributed by atoms with Crippen LogP contribution in [0.1, 0.15) is 49.8 Å². The van der Waals surface area contributed by atoms with Gasteiger partial charge in [-0.3, -0.25) is 0 Å². The van der Waals surface area contributed by atoms with E-state index in [9.17, 15) is 0 Å². The van der Waals surface area contributed by atoms with Crippen molar-refractivity contribution >= 4 is 0 Å². The molecule has 1 heterocycles. The highest BCUT2D eigenvalue weighted by atomic mass is 16.5. The minimum absolute atomic E-state index is 0.233. The molecule has 1 aliphatic rings. The van der Waals surface area contributed by atoms with E-state index in [1.807, 2.05) is 12.1 Å². The summed E-state index contributed by atoms with van der Waals surface area (Å²) in [6, 6.07) is 17.6. The van der Waals surface area contributed by atoms with Gasteiger partial charge in [-0.15, -0.1) is 0 Å². The van der Waals surface area contributed by atoms with Gasteiger partial charge in [0.2, 0.25) is 0 Å². The lowest BCUT2D eigenvalue weighted by atomic mass is 9.68. The van der Waals surface area contributed by atoms with Gasteiger partial charge in [0.25, 0.3) is 0 Å². The minimum atomic E-state index is 0.233. The van der Waals surface area contributed by atoms with Crippen molar-refractivity contribution in [2.45, 2.75) is 58.1 Å². The van der Waals surface area contributed by atoms with Gasteiger partial charge < -0.3 is 14.8 Å². The van der Waals surface area contributed by atoms with Gasteiger partial charge in [-0.05, 0) is 55.5 Å². The van der Waals surface area contributed by atoms with Crippen molar-refractivity contribution in [2.75, 3.05) is 20.3 Å². The van der Waals surface area contributed by atoms with Gasteiger partial charge in [-0.2, -0.15) is 0 Å². The zero-order valence-electron chi connectivity index (χ0n) is 17.9. The van der Waals surface area contributed by atoms with Gasteiger partial charge in [-0.25, -0.2) is 0 Å². The fraction of sp³-hybridized carbons (Fsp3) is 0.520. The van der Waals surface area contributed by atoms with Crippen LogP contribution in [0.5, 0.6) is 5.75 Å². The Hall–Kier alpha value is -1.84. The maximum absolute atomic E-state index is 6.12. The van der Waals surface area contributed by atoms with Crippen LogP contribution in [0, 0.1) is 12.8 Å². The van der Waals surface area contributed by atoms with E-state index >= 15 is 0 Å². The SMILES string of the molecule is COc1ccc(C[NH2+]CC[C@]2(c3ccc(C)cc3)CCO[C@@H](C(C)C)C2)cc1. The van der Waals surface area contributed by atoms with E-state index in [0.717, 1.165) is 38.3 Å². The molecule has 0 amide bonds. The first-order chi connectivity index (χ1) is 13.5. The van der Waals surface area contributed by atoms with Gasteiger partial charge in [0.15, 0.2) is 0 Å². The van der Waals surface area contributed by atoms with Crippen LogP contribution in [0.25, 0.3) is 0 Å². The fourth-order valence-corrected chi connectivity index (χ4v) is 4.33. The summed E-state index contributed by atoms with van der Waals surface area (Å²) in [5.41, 5.74) is 4.40. The van der Waals surface area contributed by atoms with Crippen molar-refractivity contribution in [3.05, 3.63) is 65.2 Å². The summed E-state index contributed by atoms with van der Waals surface area (Å²) in [5, 5.41) is 2.44. The average molecular weight is 383 g/mol. The standard InChI is InChI=1S/C25H35NO2/c1-19(2)24-17-25(14-16-28-24,22-9-5-20(3)6-10-22)13-15-26-18-21-7-11-23(27-4)12-8-21/h5-12,19,24,26H,13-18H2,1-4H3/p+1/t24-,25+/m1/s1. The number of aryl methyl sites for hydroxylation is 1. The number of hydrogen-bond donors (Lipinski definition) is 1. The van der Waals surface area contributed by atoms with Crippen LogP contribution in [0.2, 0.25) is 0 Å². The van der Waals surface area contributed by atoms with Crippen molar-refractivity contribution in [1.29, 1.82) is 0 Å². The number of benzene rings is 2. The molecule has 152 valence electrons. The zero-order valence-corrected chi connectivity index (χ0v) is 17.9. The van der Waals surface area contributed by atoms with Gasteiger partial charge in [0.05, 0.1) is 19.8 Å². The smallest absolute Gasteiger partial charge is 0.118 e. The Balaban J connectivity index is 1.66. The molecule has 2 N–H and O–H groups in total. The third kappa shape index (κ3) is 5.15. The van der Waals surface area contributed by atoms with Crippen molar-refractivity contribution in [3.8, 4) is 5.75 Å². The molecule has 3 heteroatoms. The Labute approximate surface area is 170 Å².